The lowest BCUT2D eigenvalue weighted by Gasteiger charge is -2.39. The Morgan fingerprint density at radius 3 is 1.05 bits per heavy atom. The summed E-state index contributed by atoms with van der Waals surface area (Å²) in [7, 11) is 0. The number of carbonyl (C=O) groups excluding carboxylic acids is 1. The Morgan fingerprint density at radius 2 is 0.800 bits per heavy atom. The second kappa shape index (κ2) is 14.6. The molecule has 210 valence electrons. The summed E-state index contributed by atoms with van der Waals surface area (Å²) in [4.78, 5) is 30.4. The molecular formula is C31H32O9. The van der Waals surface area contributed by atoms with Gasteiger partial charge in [0.25, 0.3) is 11.6 Å². The summed E-state index contributed by atoms with van der Waals surface area (Å²) in [6, 6.07) is 32.9. The van der Waals surface area contributed by atoms with Crippen LogP contribution in [-0.2, 0) is 35.9 Å². The standard InChI is InChI=1S/C28H26O8.C3H6O/c29-25(21-13-5-1-6-14-21)27(33-31,23-17-9-3-10-18-23)35-36-28(34-32,24-19-11-4-12-20-24)26(30)22-15-7-2-8-16-22;1-3(2)4/h1-20,25-26,29-32H;1-2H3. The Morgan fingerprint density at radius 1 is 0.550 bits per heavy atom. The largest absolute Gasteiger partial charge is 0.382 e. The van der Waals surface area contributed by atoms with Crippen molar-refractivity contribution in [3.63, 3.8) is 0 Å². The summed E-state index contributed by atoms with van der Waals surface area (Å²) in [5, 5.41) is 42.9. The van der Waals surface area contributed by atoms with Gasteiger partial charge in [-0.15, -0.1) is 0 Å². The zero-order valence-electron chi connectivity index (χ0n) is 22.0. The highest BCUT2D eigenvalue weighted by Gasteiger charge is 2.52. The van der Waals surface area contributed by atoms with Crippen molar-refractivity contribution in [3.05, 3.63) is 144 Å². The fraction of sp³-hybridized carbons (Fsp3) is 0.194. The average Bonchev–Trinajstić information content (AvgIpc) is 3.01. The number of benzene rings is 4. The molecule has 0 heterocycles. The molecule has 40 heavy (non-hydrogen) atoms. The molecule has 4 aromatic carbocycles. The molecule has 0 aromatic heterocycles. The fourth-order valence-corrected chi connectivity index (χ4v) is 3.91. The summed E-state index contributed by atoms with van der Waals surface area (Å²) >= 11 is 0. The molecule has 0 saturated carbocycles. The first kappa shape index (κ1) is 30.8. The number of aliphatic hydroxyl groups is 2. The van der Waals surface area contributed by atoms with Gasteiger partial charge in [0.1, 0.15) is 18.0 Å². The van der Waals surface area contributed by atoms with E-state index in [0.29, 0.717) is 11.1 Å². The van der Waals surface area contributed by atoms with E-state index in [4.69, 9.17) is 19.6 Å². The molecule has 4 rings (SSSR count). The van der Waals surface area contributed by atoms with Crippen LogP contribution in [0.4, 0.5) is 0 Å². The molecule has 0 aliphatic rings. The number of aliphatic hydroxyl groups excluding tert-OH is 2. The highest BCUT2D eigenvalue weighted by Crippen LogP contribution is 2.45. The van der Waals surface area contributed by atoms with Gasteiger partial charge in [-0.3, -0.25) is 0 Å². The van der Waals surface area contributed by atoms with E-state index >= 15 is 0 Å². The summed E-state index contributed by atoms with van der Waals surface area (Å²) < 4.78 is 0. The lowest BCUT2D eigenvalue weighted by atomic mass is 9.94. The van der Waals surface area contributed by atoms with Crippen LogP contribution >= 0.6 is 0 Å². The third-order valence-electron chi connectivity index (χ3n) is 5.86. The minimum absolute atomic E-state index is 0.167. The molecular weight excluding hydrogens is 516 g/mol. The van der Waals surface area contributed by atoms with Gasteiger partial charge in [0.15, 0.2) is 0 Å². The van der Waals surface area contributed by atoms with Crippen LogP contribution in [0.5, 0.6) is 0 Å². The number of rotatable bonds is 11. The maximum Gasteiger partial charge on any atom is 0.288 e. The minimum Gasteiger partial charge on any atom is -0.382 e. The lowest BCUT2D eigenvalue weighted by Crippen LogP contribution is -2.45. The molecule has 0 aliphatic heterocycles. The average molecular weight is 549 g/mol. The summed E-state index contributed by atoms with van der Waals surface area (Å²) in [6.07, 6.45) is -3.24. The molecule has 0 amide bonds. The minimum atomic E-state index is -2.35. The first-order chi connectivity index (χ1) is 19.3. The fourth-order valence-electron chi connectivity index (χ4n) is 3.91. The van der Waals surface area contributed by atoms with E-state index < -0.39 is 23.8 Å². The van der Waals surface area contributed by atoms with Crippen molar-refractivity contribution in [1.29, 1.82) is 0 Å². The maximum absolute atomic E-state index is 11.3. The van der Waals surface area contributed by atoms with Crippen LogP contribution in [0.25, 0.3) is 0 Å². The molecule has 0 radical (unpaired) electrons. The molecule has 0 fully saturated rings. The molecule has 0 saturated heterocycles. The van der Waals surface area contributed by atoms with Gasteiger partial charge in [-0.1, -0.05) is 121 Å². The number of hydrogen-bond donors (Lipinski definition) is 4. The molecule has 0 aliphatic carbocycles. The maximum atomic E-state index is 11.3. The Labute approximate surface area is 232 Å². The van der Waals surface area contributed by atoms with Crippen LogP contribution < -0.4 is 0 Å². The van der Waals surface area contributed by atoms with Crippen LogP contribution in [0.2, 0.25) is 0 Å². The van der Waals surface area contributed by atoms with E-state index in [1.807, 2.05) is 0 Å². The van der Waals surface area contributed by atoms with Crippen molar-refractivity contribution in [2.24, 2.45) is 0 Å². The number of carbonyl (C=O) groups is 1. The van der Waals surface area contributed by atoms with Crippen LogP contribution in [0, 0.1) is 0 Å². The Bertz CT molecular complexity index is 1190. The van der Waals surface area contributed by atoms with Gasteiger partial charge in [-0.2, -0.15) is 19.6 Å². The topological polar surface area (TPSA) is 135 Å². The highest BCUT2D eigenvalue weighted by atomic mass is 17.3. The summed E-state index contributed by atoms with van der Waals surface area (Å²) in [5.74, 6) is -4.53. The monoisotopic (exact) mass is 548 g/mol. The van der Waals surface area contributed by atoms with Gasteiger partial charge in [0.05, 0.1) is 0 Å². The molecule has 0 spiro atoms. The van der Waals surface area contributed by atoms with Crippen molar-refractivity contribution < 1.29 is 45.1 Å². The van der Waals surface area contributed by atoms with Crippen LogP contribution in [-0.4, -0.2) is 26.5 Å². The Hall–Kier alpha value is -3.77. The first-order valence-electron chi connectivity index (χ1n) is 12.4. The van der Waals surface area contributed by atoms with Crippen molar-refractivity contribution in [1.82, 2.24) is 0 Å². The van der Waals surface area contributed by atoms with Gasteiger partial charge in [0.2, 0.25) is 0 Å². The van der Waals surface area contributed by atoms with Gasteiger partial charge >= 0.3 is 0 Å². The molecule has 9 heteroatoms. The normalized spacial score (nSPS) is 15.4. The zero-order chi connectivity index (χ0) is 29.0. The zero-order valence-corrected chi connectivity index (χ0v) is 22.0. The van der Waals surface area contributed by atoms with Crippen LogP contribution in [0.15, 0.2) is 121 Å². The number of ketones is 1. The first-order valence-corrected chi connectivity index (χ1v) is 12.4. The number of hydrogen-bond acceptors (Lipinski definition) is 9. The number of Topliss-reactive ketones (excluding diaryl/α,β-unsaturated/α-hetero) is 1. The van der Waals surface area contributed by atoms with E-state index in [-0.39, 0.29) is 16.9 Å². The van der Waals surface area contributed by atoms with Gasteiger partial charge < -0.3 is 15.0 Å². The highest BCUT2D eigenvalue weighted by molar-refractivity contribution is 5.72. The van der Waals surface area contributed by atoms with Crippen molar-refractivity contribution >= 4 is 5.78 Å². The van der Waals surface area contributed by atoms with E-state index in [9.17, 15) is 25.5 Å². The van der Waals surface area contributed by atoms with Gasteiger partial charge in [-0.05, 0) is 25.0 Å². The van der Waals surface area contributed by atoms with Crippen molar-refractivity contribution in [3.8, 4) is 0 Å². The van der Waals surface area contributed by atoms with E-state index in [0.717, 1.165) is 0 Å². The van der Waals surface area contributed by atoms with E-state index in [2.05, 4.69) is 0 Å². The van der Waals surface area contributed by atoms with E-state index in [1.165, 1.54) is 13.8 Å². The second-order valence-electron chi connectivity index (χ2n) is 8.95. The van der Waals surface area contributed by atoms with Crippen molar-refractivity contribution in [2.75, 3.05) is 0 Å². The molecule has 4 atom stereocenters. The van der Waals surface area contributed by atoms with E-state index in [1.54, 1.807) is 121 Å². The Kier molecular flexibility index (Phi) is 11.2. The molecule has 4 N–H and O–H groups in total. The summed E-state index contributed by atoms with van der Waals surface area (Å²) in [6.45, 7) is 3.06. The predicted molar refractivity (Wildman–Crippen MR) is 145 cm³/mol. The lowest BCUT2D eigenvalue weighted by molar-refractivity contribution is -0.603. The predicted octanol–water partition coefficient (Wildman–Crippen LogP) is 5.68. The molecule has 4 aromatic rings. The molecule has 0 bridgehead atoms. The van der Waals surface area contributed by atoms with Gasteiger partial charge in [0, 0.05) is 11.1 Å². The van der Waals surface area contributed by atoms with Gasteiger partial charge in [-0.25, -0.2) is 10.5 Å². The SMILES string of the molecule is CC(C)=O.OOC(OOC(OO)(c1ccccc1)C(O)c1ccccc1)(c1ccccc1)C(O)c1ccccc1. The second-order valence-corrected chi connectivity index (χ2v) is 8.95. The smallest absolute Gasteiger partial charge is 0.288 e. The molecule has 4 unspecified atom stereocenters. The quantitative estimate of drug-likeness (QED) is 0.106. The summed E-state index contributed by atoms with van der Waals surface area (Å²) in [5.41, 5.74) is 1.02. The van der Waals surface area contributed by atoms with Crippen LogP contribution in [0.1, 0.15) is 48.3 Å². The van der Waals surface area contributed by atoms with Crippen molar-refractivity contribution in [2.45, 2.75) is 37.6 Å². The Balaban J connectivity index is 0.00000103. The third-order valence-corrected chi connectivity index (χ3v) is 5.86. The molecule has 9 nitrogen and oxygen atoms in total. The third kappa shape index (κ3) is 7.05. The van der Waals surface area contributed by atoms with Crippen LogP contribution in [0.3, 0.4) is 0 Å².